The molecule has 7 aromatic carbocycles. The zero-order chi connectivity index (χ0) is 49.7. The highest BCUT2D eigenvalue weighted by atomic mass is 32.1. The van der Waals surface area contributed by atoms with Gasteiger partial charge >= 0.3 is 0 Å². The monoisotopic (exact) mass is 1000 g/mol. The molecule has 0 bridgehead atoms. The highest BCUT2D eigenvalue weighted by Gasteiger charge is 2.24. The number of anilines is 6. The van der Waals surface area contributed by atoms with Crippen molar-refractivity contribution in [3.05, 3.63) is 236 Å². The molecule has 0 saturated heterocycles. The molecule has 2 aliphatic rings. The maximum atomic E-state index is 6.09. The lowest BCUT2D eigenvalue weighted by Crippen LogP contribution is -2.15. The summed E-state index contributed by atoms with van der Waals surface area (Å²) in [5.41, 5.74) is 10.4. The van der Waals surface area contributed by atoms with Crippen LogP contribution in [0.1, 0.15) is 41.8 Å². The molecule has 362 valence electrons. The quantitative estimate of drug-likeness (QED) is 0.0707. The average molecular weight is 1010 g/mol. The van der Waals surface area contributed by atoms with E-state index < -0.39 is 0 Å². The fourth-order valence-electron chi connectivity index (χ4n) is 8.44. The van der Waals surface area contributed by atoms with E-state index in [0.717, 1.165) is 87.4 Å². The zero-order valence-electron chi connectivity index (χ0n) is 40.1. The predicted molar refractivity (Wildman–Crippen MR) is 308 cm³/mol. The summed E-state index contributed by atoms with van der Waals surface area (Å²) in [5, 5.41) is 17.6. The van der Waals surface area contributed by atoms with Crippen molar-refractivity contribution in [2.45, 2.75) is 0 Å². The van der Waals surface area contributed by atoms with Gasteiger partial charge in [0.05, 0.1) is 44.4 Å². The van der Waals surface area contributed by atoms with E-state index >= 15 is 0 Å². The second-order valence-corrected chi connectivity index (χ2v) is 19.0. The first-order valence-electron chi connectivity index (χ1n) is 24.1. The molecule has 0 saturated carbocycles. The van der Waals surface area contributed by atoms with Gasteiger partial charge in [-0.3, -0.25) is 0 Å². The third-order valence-electron chi connectivity index (χ3n) is 11.9. The number of thiophene rings is 2. The summed E-state index contributed by atoms with van der Waals surface area (Å²) in [6.07, 6.45) is 15.2. The Morgan fingerprint density at radius 1 is 0.284 bits per heavy atom. The summed E-state index contributed by atoms with van der Waals surface area (Å²) in [7, 11) is 0. The maximum absolute atomic E-state index is 6.09. The number of hydrogen-bond acceptors (Lipinski definition) is 12. The lowest BCUT2D eigenvalue weighted by atomic mass is 10.1. The van der Waals surface area contributed by atoms with Gasteiger partial charge in [-0.15, -0.1) is 22.7 Å². The minimum absolute atomic E-state index is 0.472. The molecule has 4 heterocycles. The molecule has 0 amide bonds. The fourth-order valence-corrected chi connectivity index (χ4v) is 10.4. The molecule has 0 N–H and O–H groups in total. The van der Waals surface area contributed by atoms with E-state index in [2.05, 4.69) is 152 Å². The van der Waals surface area contributed by atoms with Crippen molar-refractivity contribution >= 4 is 106 Å². The molecule has 0 radical (unpaired) electrons. The van der Waals surface area contributed by atoms with E-state index in [1.54, 1.807) is 47.5 Å². The second-order valence-electron chi connectivity index (χ2n) is 16.9. The Morgan fingerprint density at radius 2 is 0.554 bits per heavy atom. The summed E-state index contributed by atoms with van der Waals surface area (Å²) in [6.45, 7) is 1.91. The first kappa shape index (κ1) is 47.2. The van der Waals surface area contributed by atoms with Crippen LogP contribution in [0.2, 0.25) is 0 Å². The number of para-hydroxylation sites is 4. The molecule has 12 heteroatoms. The highest BCUT2D eigenvalue weighted by molar-refractivity contribution is 7.15. The maximum Gasteiger partial charge on any atom is 0.181 e. The third-order valence-corrected chi connectivity index (χ3v) is 14.1. The highest BCUT2D eigenvalue weighted by Crippen LogP contribution is 2.46. The Hall–Kier alpha value is -9.10. The molecule has 0 fully saturated rings. The minimum atomic E-state index is 0.472. The number of hydrogen-bond donors (Lipinski definition) is 0. The van der Waals surface area contributed by atoms with Gasteiger partial charge in [-0.25, -0.2) is 0 Å². The number of fused-ring (bicyclic) bond motifs is 2. The molecule has 11 rings (SSSR count). The summed E-state index contributed by atoms with van der Waals surface area (Å²) >= 11 is 3.11. The first-order valence-corrected chi connectivity index (χ1v) is 25.8. The molecule has 0 unspecified atom stereocenters. The molecule has 2 aromatic heterocycles. The van der Waals surface area contributed by atoms with Crippen molar-refractivity contribution in [2.24, 2.45) is 20.4 Å². The fraction of sp³-hybridized carbons (Fsp3) is 0.0645. The topological polar surface area (TPSA) is 92.8 Å². The Kier molecular flexibility index (Phi) is 14.7. The lowest BCUT2D eigenvalue weighted by Gasteiger charge is -2.25. The van der Waals surface area contributed by atoms with E-state index in [9.17, 15) is 0 Å². The van der Waals surface area contributed by atoms with Crippen LogP contribution in [0.5, 0.6) is 23.0 Å². The van der Waals surface area contributed by atoms with E-state index in [4.69, 9.17) is 18.9 Å². The average Bonchev–Trinajstić information content (AvgIpc) is 4.01. The molecule has 10 nitrogen and oxygen atoms in total. The van der Waals surface area contributed by atoms with E-state index in [-0.39, 0.29) is 0 Å². The van der Waals surface area contributed by atoms with Crippen molar-refractivity contribution in [1.82, 2.24) is 0 Å². The van der Waals surface area contributed by atoms with Gasteiger partial charge in [0, 0.05) is 34.1 Å². The second kappa shape index (κ2) is 23.0. The van der Waals surface area contributed by atoms with Gasteiger partial charge in [0.25, 0.3) is 0 Å². The van der Waals surface area contributed by atoms with Crippen LogP contribution in [-0.2, 0) is 0 Å². The SMILES string of the molecule is C(=C\c1sc(/C=N/N=C/c2ccc(N(c3ccccc3)c3ccccc3)cc2)c2c1OCCO2)/c1ccc(/C=C/c2sc(/C=N/N=C/c3ccc(N(c4ccccc4)c4ccccc4)cc3)c3c2OCCO3)cc1. The van der Waals surface area contributed by atoms with Crippen LogP contribution < -0.4 is 28.7 Å². The van der Waals surface area contributed by atoms with Crippen molar-refractivity contribution in [2.75, 3.05) is 36.2 Å². The van der Waals surface area contributed by atoms with Crippen molar-refractivity contribution < 1.29 is 18.9 Å². The molecule has 9 aromatic rings. The van der Waals surface area contributed by atoms with E-state index in [0.29, 0.717) is 37.9 Å². The van der Waals surface area contributed by atoms with Crippen molar-refractivity contribution in [3.8, 4) is 23.0 Å². The summed E-state index contributed by atoms with van der Waals surface area (Å²) in [5.74, 6) is 2.83. The lowest BCUT2D eigenvalue weighted by molar-refractivity contribution is 0.173. The molecule has 0 atom stereocenters. The third kappa shape index (κ3) is 11.2. The summed E-state index contributed by atoms with van der Waals surface area (Å²) < 4.78 is 24.3. The summed E-state index contributed by atoms with van der Waals surface area (Å²) in [4.78, 5) is 8.04. The van der Waals surface area contributed by atoms with Gasteiger partial charge in [0.2, 0.25) is 0 Å². The molecular weight excluding hydrogens is 957 g/mol. The van der Waals surface area contributed by atoms with Gasteiger partial charge in [0.1, 0.15) is 26.4 Å². The largest absolute Gasteiger partial charge is 0.485 e. The number of nitrogens with zero attached hydrogens (tertiary/aromatic N) is 6. The smallest absolute Gasteiger partial charge is 0.181 e. The van der Waals surface area contributed by atoms with Crippen LogP contribution in [0.3, 0.4) is 0 Å². The van der Waals surface area contributed by atoms with Crippen LogP contribution in [0.25, 0.3) is 24.3 Å². The van der Waals surface area contributed by atoms with Crippen LogP contribution >= 0.6 is 22.7 Å². The molecule has 2 aliphatic heterocycles. The van der Waals surface area contributed by atoms with E-state index in [1.165, 1.54) is 0 Å². The Balaban J connectivity index is 0.722. The van der Waals surface area contributed by atoms with E-state index in [1.807, 2.05) is 97.1 Å². The molecule has 0 aliphatic carbocycles. The Labute approximate surface area is 438 Å². The van der Waals surface area contributed by atoms with Crippen LogP contribution in [-0.4, -0.2) is 51.3 Å². The van der Waals surface area contributed by atoms with Crippen molar-refractivity contribution in [3.63, 3.8) is 0 Å². The Morgan fingerprint density at radius 3 is 0.878 bits per heavy atom. The predicted octanol–water partition coefficient (Wildman–Crippen LogP) is 15.5. The van der Waals surface area contributed by atoms with Gasteiger partial charge < -0.3 is 28.7 Å². The van der Waals surface area contributed by atoms with Gasteiger partial charge in [-0.1, -0.05) is 133 Å². The number of benzene rings is 7. The molecule has 74 heavy (non-hydrogen) atoms. The standard InChI is InChI=1S/C62H48N6O4S2/c1-5-13-49(14-6-1)67(50-15-7-2-8-16-50)53-31-25-47(26-32-53)41-63-65-43-57-61-59(69-37-39-71-61)55(73-57)35-29-45-21-23-46(24-22-45)30-36-56-60-62(72-40-38-70-60)58(74-56)44-66-64-42-48-27-33-54(34-28-48)68(51-17-9-3-10-18-51)52-19-11-4-12-20-52/h1-36,41-44H,37-40H2/b35-29+,36-30+,63-41+,64-42+,65-43+,66-44+. The normalized spacial score (nSPS) is 13.3. The molecular formula is C62H48N6O4S2. The van der Waals surface area contributed by atoms with Crippen LogP contribution in [0, 0.1) is 0 Å². The first-order chi connectivity index (χ1) is 36.7. The number of ether oxygens (including phenoxy) is 4. The zero-order valence-corrected chi connectivity index (χ0v) is 41.7. The number of rotatable bonds is 16. The summed E-state index contributed by atoms with van der Waals surface area (Å²) in [6, 6.07) is 66.3. The van der Waals surface area contributed by atoms with Gasteiger partial charge in [-0.05, 0) is 107 Å². The Bertz CT molecular complexity index is 3170. The van der Waals surface area contributed by atoms with Gasteiger partial charge in [-0.2, -0.15) is 20.4 Å². The molecule has 0 spiro atoms. The van der Waals surface area contributed by atoms with Crippen molar-refractivity contribution in [1.29, 1.82) is 0 Å². The minimum Gasteiger partial charge on any atom is -0.485 e. The van der Waals surface area contributed by atoms with Crippen LogP contribution in [0.15, 0.2) is 215 Å². The van der Waals surface area contributed by atoms with Crippen LogP contribution in [0.4, 0.5) is 34.1 Å². The van der Waals surface area contributed by atoms with Gasteiger partial charge in [0.15, 0.2) is 23.0 Å².